The number of aliphatic hydroxyl groups is 3. The van der Waals surface area contributed by atoms with Gasteiger partial charge in [-0.1, -0.05) is 6.08 Å². The first-order valence-corrected chi connectivity index (χ1v) is 4.55. The Labute approximate surface area is 79.7 Å². The van der Waals surface area contributed by atoms with E-state index in [-0.39, 0.29) is 6.61 Å². The standard InChI is InChI=1S/C10H20O3/c1-8(5-7-11)9(12)4-6-10(2,3)13/h5,9,11-13H,4,6-7H2,1-3H3/b8-5+/t9-/m0/s1. The molecule has 3 heteroatoms. The highest BCUT2D eigenvalue weighted by Gasteiger charge is 2.15. The first-order valence-electron chi connectivity index (χ1n) is 4.55. The maximum absolute atomic E-state index is 9.52. The molecular weight excluding hydrogens is 168 g/mol. The molecule has 0 aromatic rings. The average Bonchev–Trinajstić information content (AvgIpc) is 1.99. The van der Waals surface area contributed by atoms with E-state index in [4.69, 9.17) is 5.11 Å². The molecule has 0 aliphatic rings. The van der Waals surface area contributed by atoms with Crippen LogP contribution in [-0.4, -0.2) is 33.6 Å². The van der Waals surface area contributed by atoms with E-state index >= 15 is 0 Å². The highest BCUT2D eigenvalue weighted by molar-refractivity contribution is 5.04. The van der Waals surface area contributed by atoms with Crippen LogP contribution in [0.1, 0.15) is 33.6 Å². The van der Waals surface area contributed by atoms with Crippen LogP contribution in [0.5, 0.6) is 0 Å². The van der Waals surface area contributed by atoms with Crippen molar-refractivity contribution >= 4 is 0 Å². The van der Waals surface area contributed by atoms with Crippen molar-refractivity contribution in [3.05, 3.63) is 11.6 Å². The van der Waals surface area contributed by atoms with Crippen molar-refractivity contribution < 1.29 is 15.3 Å². The van der Waals surface area contributed by atoms with E-state index in [9.17, 15) is 10.2 Å². The third-order valence-electron chi connectivity index (χ3n) is 1.97. The molecule has 0 aliphatic heterocycles. The molecule has 0 heterocycles. The Bertz CT molecular complexity index is 167. The number of hydrogen-bond acceptors (Lipinski definition) is 3. The molecule has 0 rings (SSSR count). The molecule has 1 atom stereocenters. The van der Waals surface area contributed by atoms with E-state index in [2.05, 4.69) is 0 Å². The second-order valence-corrected chi connectivity index (χ2v) is 4.00. The summed E-state index contributed by atoms with van der Waals surface area (Å²) >= 11 is 0. The van der Waals surface area contributed by atoms with Gasteiger partial charge in [-0.3, -0.25) is 0 Å². The van der Waals surface area contributed by atoms with Crippen LogP contribution in [0.2, 0.25) is 0 Å². The van der Waals surface area contributed by atoms with Gasteiger partial charge in [0.05, 0.1) is 18.3 Å². The molecule has 0 amide bonds. The second-order valence-electron chi connectivity index (χ2n) is 4.00. The molecule has 0 bridgehead atoms. The maximum atomic E-state index is 9.52. The molecule has 0 fully saturated rings. The molecule has 0 saturated carbocycles. The van der Waals surface area contributed by atoms with E-state index in [1.165, 1.54) is 0 Å². The van der Waals surface area contributed by atoms with Crippen LogP contribution in [0.25, 0.3) is 0 Å². The minimum atomic E-state index is -0.736. The average molecular weight is 188 g/mol. The molecule has 78 valence electrons. The molecule has 3 N–H and O–H groups in total. The predicted molar refractivity (Wildman–Crippen MR) is 52.4 cm³/mol. The van der Waals surface area contributed by atoms with Gasteiger partial charge in [-0.2, -0.15) is 0 Å². The van der Waals surface area contributed by atoms with Crippen LogP contribution in [0.15, 0.2) is 11.6 Å². The maximum Gasteiger partial charge on any atom is 0.0749 e. The fourth-order valence-electron chi connectivity index (χ4n) is 0.998. The van der Waals surface area contributed by atoms with Gasteiger partial charge in [0, 0.05) is 0 Å². The largest absolute Gasteiger partial charge is 0.392 e. The van der Waals surface area contributed by atoms with Crippen LogP contribution in [0, 0.1) is 0 Å². The summed E-state index contributed by atoms with van der Waals surface area (Å²) in [6, 6.07) is 0. The van der Waals surface area contributed by atoms with Gasteiger partial charge in [-0.05, 0) is 39.2 Å². The zero-order valence-electron chi connectivity index (χ0n) is 8.62. The van der Waals surface area contributed by atoms with E-state index in [0.29, 0.717) is 12.8 Å². The quantitative estimate of drug-likeness (QED) is 0.560. The van der Waals surface area contributed by atoms with E-state index in [1.807, 2.05) is 0 Å². The molecule has 0 aromatic heterocycles. The van der Waals surface area contributed by atoms with Gasteiger partial charge in [0.1, 0.15) is 0 Å². The monoisotopic (exact) mass is 188 g/mol. The Balaban J connectivity index is 3.88. The second kappa shape index (κ2) is 5.37. The van der Waals surface area contributed by atoms with Crippen LogP contribution in [-0.2, 0) is 0 Å². The molecule has 0 saturated heterocycles. The summed E-state index contributed by atoms with van der Waals surface area (Å²) in [5.74, 6) is 0. The van der Waals surface area contributed by atoms with Gasteiger partial charge in [0.2, 0.25) is 0 Å². The molecule has 0 unspecified atom stereocenters. The minimum absolute atomic E-state index is 0.0502. The third-order valence-corrected chi connectivity index (χ3v) is 1.97. The predicted octanol–water partition coefficient (Wildman–Crippen LogP) is 0.837. The van der Waals surface area contributed by atoms with Gasteiger partial charge in [0.15, 0.2) is 0 Å². The van der Waals surface area contributed by atoms with E-state index in [1.54, 1.807) is 26.8 Å². The van der Waals surface area contributed by atoms with Gasteiger partial charge in [-0.25, -0.2) is 0 Å². The molecule has 3 nitrogen and oxygen atoms in total. The zero-order chi connectivity index (χ0) is 10.5. The Hall–Kier alpha value is -0.380. The molecule has 0 spiro atoms. The zero-order valence-corrected chi connectivity index (χ0v) is 8.62. The van der Waals surface area contributed by atoms with Crippen molar-refractivity contribution in [3.63, 3.8) is 0 Å². The summed E-state index contributed by atoms with van der Waals surface area (Å²) in [5.41, 5.74) is 0.0206. The number of hydrogen-bond donors (Lipinski definition) is 3. The van der Waals surface area contributed by atoms with Crippen LogP contribution < -0.4 is 0 Å². The highest BCUT2D eigenvalue weighted by atomic mass is 16.3. The normalized spacial score (nSPS) is 16.0. The molecule has 0 radical (unpaired) electrons. The summed E-state index contributed by atoms with van der Waals surface area (Å²) in [4.78, 5) is 0. The third kappa shape index (κ3) is 6.75. The van der Waals surface area contributed by atoms with Crippen molar-refractivity contribution in [2.45, 2.75) is 45.3 Å². The van der Waals surface area contributed by atoms with Gasteiger partial charge in [0.25, 0.3) is 0 Å². The molecular formula is C10H20O3. The molecule has 13 heavy (non-hydrogen) atoms. The fraction of sp³-hybridized carbons (Fsp3) is 0.800. The summed E-state index contributed by atoms with van der Waals surface area (Å²) in [6.07, 6.45) is 2.09. The van der Waals surface area contributed by atoms with Gasteiger partial charge in [-0.15, -0.1) is 0 Å². The minimum Gasteiger partial charge on any atom is -0.392 e. The van der Waals surface area contributed by atoms with Crippen molar-refractivity contribution in [3.8, 4) is 0 Å². The number of rotatable bonds is 5. The fourth-order valence-corrected chi connectivity index (χ4v) is 0.998. The lowest BCUT2D eigenvalue weighted by Gasteiger charge is -2.19. The first kappa shape index (κ1) is 12.6. The SMILES string of the molecule is C/C(=C\CO)[C@@H](O)CCC(C)(C)O. The Morgan fingerprint density at radius 2 is 2.00 bits per heavy atom. The smallest absolute Gasteiger partial charge is 0.0749 e. The molecule has 0 aromatic carbocycles. The number of aliphatic hydroxyl groups excluding tert-OH is 2. The Kier molecular flexibility index (Phi) is 5.21. The van der Waals surface area contributed by atoms with Crippen molar-refractivity contribution in [1.82, 2.24) is 0 Å². The van der Waals surface area contributed by atoms with Crippen molar-refractivity contribution in [2.24, 2.45) is 0 Å². The first-order chi connectivity index (χ1) is 5.87. The van der Waals surface area contributed by atoms with E-state index in [0.717, 1.165) is 5.57 Å². The molecule has 0 aliphatic carbocycles. The van der Waals surface area contributed by atoms with Gasteiger partial charge >= 0.3 is 0 Å². The lowest BCUT2D eigenvalue weighted by Crippen LogP contribution is -2.22. The Morgan fingerprint density at radius 1 is 1.46 bits per heavy atom. The van der Waals surface area contributed by atoms with E-state index < -0.39 is 11.7 Å². The Morgan fingerprint density at radius 3 is 2.38 bits per heavy atom. The summed E-state index contributed by atoms with van der Waals surface area (Å²) < 4.78 is 0. The summed E-state index contributed by atoms with van der Waals surface area (Å²) in [7, 11) is 0. The topological polar surface area (TPSA) is 60.7 Å². The summed E-state index contributed by atoms with van der Waals surface area (Å²) in [5, 5.41) is 27.5. The lowest BCUT2D eigenvalue weighted by molar-refractivity contribution is 0.0543. The van der Waals surface area contributed by atoms with Crippen molar-refractivity contribution in [1.29, 1.82) is 0 Å². The van der Waals surface area contributed by atoms with Gasteiger partial charge < -0.3 is 15.3 Å². The van der Waals surface area contributed by atoms with Crippen LogP contribution in [0.3, 0.4) is 0 Å². The van der Waals surface area contributed by atoms with Crippen LogP contribution in [0.4, 0.5) is 0 Å². The lowest BCUT2D eigenvalue weighted by atomic mass is 9.97. The van der Waals surface area contributed by atoms with Crippen LogP contribution >= 0.6 is 0 Å². The highest BCUT2D eigenvalue weighted by Crippen LogP contribution is 2.15. The van der Waals surface area contributed by atoms with Crippen molar-refractivity contribution in [2.75, 3.05) is 6.61 Å². The summed E-state index contributed by atoms with van der Waals surface area (Å²) in [6.45, 7) is 5.15.